The molecule has 2 rings (SSSR count). The van der Waals surface area contributed by atoms with Gasteiger partial charge in [-0.1, -0.05) is 11.6 Å². The van der Waals surface area contributed by atoms with Gasteiger partial charge >= 0.3 is 12.4 Å². The second kappa shape index (κ2) is 6.47. The first-order valence-electron chi connectivity index (χ1n) is 6.54. The Kier molecular flexibility index (Phi) is 4.90. The van der Waals surface area contributed by atoms with Gasteiger partial charge in [-0.05, 0) is 36.4 Å². The summed E-state index contributed by atoms with van der Waals surface area (Å²) in [6, 6.07) is 4.51. The van der Waals surface area contributed by atoms with E-state index in [-0.39, 0.29) is 22.3 Å². The van der Waals surface area contributed by atoms with Crippen LogP contribution in [0.5, 0.6) is 0 Å². The topological polar surface area (TPSA) is 55.1 Å². The van der Waals surface area contributed by atoms with Gasteiger partial charge in [0.2, 0.25) is 0 Å². The summed E-state index contributed by atoms with van der Waals surface area (Å²) in [7, 11) is 0. The van der Waals surface area contributed by atoms with Crippen molar-refractivity contribution >= 4 is 28.9 Å². The number of nitrogens with one attached hydrogen (secondary N) is 1. The zero-order valence-corrected chi connectivity index (χ0v) is 12.9. The number of alkyl halides is 6. The van der Waals surface area contributed by atoms with Crippen LogP contribution in [0.2, 0.25) is 5.02 Å². The molecule has 3 nitrogen and oxygen atoms in total. The van der Waals surface area contributed by atoms with Crippen LogP contribution in [-0.4, -0.2) is 5.91 Å². The van der Waals surface area contributed by atoms with Gasteiger partial charge in [0.1, 0.15) is 0 Å². The summed E-state index contributed by atoms with van der Waals surface area (Å²) >= 11 is 5.80. The van der Waals surface area contributed by atoms with Crippen LogP contribution < -0.4 is 11.1 Å². The van der Waals surface area contributed by atoms with Crippen LogP contribution in [0, 0.1) is 0 Å². The number of nitrogens with two attached hydrogens (primary N) is 1. The Hall–Kier alpha value is -2.42. The minimum absolute atomic E-state index is 0.0359. The summed E-state index contributed by atoms with van der Waals surface area (Å²) < 4.78 is 76.7. The van der Waals surface area contributed by atoms with Crippen molar-refractivity contribution in [2.24, 2.45) is 0 Å². The van der Waals surface area contributed by atoms with Crippen molar-refractivity contribution in [3.8, 4) is 0 Å². The van der Waals surface area contributed by atoms with Gasteiger partial charge in [-0.2, -0.15) is 26.3 Å². The average molecular weight is 383 g/mol. The van der Waals surface area contributed by atoms with E-state index in [9.17, 15) is 31.1 Å². The summed E-state index contributed by atoms with van der Waals surface area (Å²) in [6.45, 7) is 0. The Morgan fingerprint density at radius 3 is 1.88 bits per heavy atom. The molecule has 1 amide bonds. The summed E-state index contributed by atoms with van der Waals surface area (Å²) in [4.78, 5) is 12.1. The first-order chi connectivity index (χ1) is 11.4. The summed E-state index contributed by atoms with van der Waals surface area (Å²) in [5.41, 5.74) is 1.79. The summed E-state index contributed by atoms with van der Waals surface area (Å²) in [5.74, 6) is -0.975. The Bertz CT molecular complexity index is 784. The van der Waals surface area contributed by atoms with E-state index in [4.69, 9.17) is 17.3 Å². The molecule has 0 aromatic heterocycles. The lowest BCUT2D eigenvalue weighted by atomic mass is 10.1. The van der Waals surface area contributed by atoms with E-state index in [1.54, 1.807) is 0 Å². The highest BCUT2D eigenvalue weighted by molar-refractivity contribution is 6.34. The van der Waals surface area contributed by atoms with Crippen LogP contribution in [0.4, 0.5) is 37.7 Å². The van der Waals surface area contributed by atoms with Gasteiger partial charge in [0.05, 0.1) is 21.7 Å². The number of amides is 1. The van der Waals surface area contributed by atoms with Gasteiger partial charge in [0.15, 0.2) is 0 Å². The lowest BCUT2D eigenvalue weighted by Gasteiger charge is -2.15. The van der Waals surface area contributed by atoms with E-state index in [2.05, 4.69) is 0 Å². The number of halogens is 7. The Morgan fingerprint density at radius 2 is 1.44 bits per heavy atom. The molecule has 0 aliphatic rings. The van der Waals surface area contributed by atoms with Gasteiger partial charge < -0.3 is 11.1 Å². The lowest BCUT2D eigenvalue weighted by Crippen LogP contribution is -2.16. The van der Waals surface area contributed by atoms with E-state index in [1.807, 2.05) is 5.32 Å². The molecule has 0 unspecified atom stereocenters. The van der Waals surface area contributed by atoms with Gasteiger partial charge in [-0.3, -0.25) is 4.79 Å². The van der Waals surface area contributed by atoms with Crippen LogP contribution in [0.15, 0.2) is 36.4 Å². The minimum atomic E-state index is -5.01. The molecule has 0 spiro atoms. The number of carbonyl (C=O) groups is 1. The number of rotatable bonds is 2. The molecule has 3 N–H and O–H groups in total. The number of hydrogen-bond acceptors (Lipinski definition) is 2. The molecule has 0 aliphatic heterocycles. The van der Waals surface area contributed by atoms with E-state index in [1.165, 1.54) is 18.2 Å². The molecule has 25 heavy (non-hydrogen) atoms. The van der Waals surface area contributed by atoms with Crippen molar-refractivity contribution < 1.29 is 31.1 Å². The van der Waals surface area contributed by atoms with Crippen molar-refractivity contribution in [3.05, 3.63) is 58.1 Å². The molecule has 134 valence electrons. The number of benzene rings is 2. The second-order valence-electron chi connectivity index (χ2n) is 4.99. The maximum absolute atomic E-state index is 12.8. The van der Waals surface area contributed by atoms with E-state index < -0.39 is 35.1 Å². The quantitative estimate of drug-likeness (QED) is 0.553. The molecule has 2 aromatic carbocycles. The molecule has 0 bridgehead atoms. The molecule has 0 saturated heterocycles. The highest BCUT2D eigenvalue weighted by Gasteiger charge is 2.37. The van der Waals surface area contributed by atoms with Crippen LogP contribution in [-0.2, 0) is 12.4 Å². The maximum atomic E-state index is 12.8. The molecule has 0 aliphatic carbocycles. The van der Waals surface area contributed by atoms with Gasteiger partial charge in [-0.15, -0.1) is 0 Å². The first kappa shape index (κ1) is 18.9. The molecular weight excluding hydrogens is 374 g/mol. The van der Waals surface area contributed by atoms with Crippen LogP contribution in [0.1, 0.15) is 21.5 Å². The molecule has 2 aromatic rings. The fraction of sp³-hybridized carbons (Fsp3) is 0.133. The minimum Gasteiger partial charge on any atom is -0.399 e. The molecule has 0 radical (unpaired) electrons. The SMILES string of the molecule is Nc1ccc(C(=O)Nc2cc(C(F)(F)F)cc(C(F)(F)F)c2)c(Cl)c1. The monoisotopic (exact) mass is 382 g/mol. The summed E-state index contributed by atoms with van der Waals surface area (Å²) in [5, 5.41) is 1.88. The number of hydrogen-bond donors (Lipinski definition) is 2. The maximum Gasteiger partial charge on any atom is 0.416 e. The predicted octanol–water partition coefficient (Wildman–Crippen LogP) is 5.21. The third-order valence-electron chi connectivity index (χ3n) is 3.08. The van der Waals surface area contributed by atoms with Gasteiger partial charge in [0.25, 0.3) is 5.91 Å². The summed E-state index contributed by atoms with van der Waals surface area (Å²) in [6.07, 6.45) is -10.0. The molecule has 0 atom stereocenters. The van der Waals surface area contributed by atoms with E-state index in [0.717, 1.165) is 0 Å². The van der Waals surface area contributed by atoms with E-state index in [0.29, 0.717) is 12.1 Å². The number of nitrogen functional groups attached to an aromatic ring is 1. The van der Waals surface area contributed by atoms with Crippen LogP contribution in [0.3, 0.4) is 0 Å². The predicted molar refractivity (Wildman–Crippen MR) is 80.3 cm³/mol. The van der Waals surface area contributed by atoms with E-state index >= 15 is 0 Å². The normalized spacial score (nSPS) is 12.1. The third-order valence-corrected chi connectivity index (χ3v) is 3.40. The molecule has 0 fully saturated rings. The van der Waals surface area contributed by atoms with Crippen LogP contribution in [0.25, 0.3) is 0 Å². The molecule has 0 heterocycles. The van der Waals surface area contributed by atoms with Crippen molar-refractivity contribution in [1.82, 2.24) is 0 Å². The van der Waals surface area contributed by atoms with Gasteiger partial charge in [0, 0.05) is 11.4 Å². The molecule has 0 saturated carbocycles. The van der Waals surface area contributed by atoms with Gasteiger partial charge in [-0.25, -0.2) is 0 Å². The lowest BCUT2D eigenvalue weighted by molar-refractivity contribution is -0.143. The number of carbonyl (C=O) groups excluding carboxylic acids is 1. The Morgan fingerprint density at radius 1 is 0.920 bits per heavy atom. The first-order valence-corrected chi connectivity index (χ1v) is 6.91. The smallest absolute Gasteiger partial charge is 0.399 e. The highest BCUT2D eigenvalue weighted by Crippen LogP contribution is 2.37. The number of anilines is 2. The molecular formula is C15H9ClF6N2O. The van der Waals surface area contributed by atoms with Crippen molar-refractivity contribution in [2.75, 3.05) is 11.1 Å². The average Bonchev–Trinajstić information content (AvgIpc) is 2.44. The fourth-order valence-corrected chi connectivity index (χ4v) is 2.22. The zero-order valence-electron chi connectivity index (χ0n) is 12.1. The van der Waals surface area contributed by atoms with Crippen LogP contribution >= 0.6 is 11.6 Å². The van der Waals surface area contributed by atoms with Crippen molar-refractivity contribution in [2.45, 2.75) is 12.4 Å². The zero-order chi connectivity index (χ0) is 19.0. The molecule has 10 heteroatoms. The van der Waals surface area contributed by atoms with Crippen molar-refractivity contribution in [3.63, 3.8) is 0 Å². The third kappa shape index (κ3) is 4.56. The fourth-order valence-electron chi connectivity index (χ4n) is 1.94. The largest absolute Gasteiger partial charge is 0.416 e. The standard InChI is InChI=1S/C15H9ClF6N2O/c16-12-6-9(23)1-2-11(12)13(25)24-10-4-7(14(17,18)19)3-8(5-10)15(20,21)22/h1-6H,23H2,(H,24,25). The highest BCUT2D eigenvalue weighted by atomic mass is 35.5. The van der Waals surface area contributed by atoms with Crippen molar-refractivity contribution in [1.29, 1.82) is 0 Å². The second-order valence-corrected chi connectivity index (χ2v) is 5.40. The Balaban J connectivity index is 2.43. The Labute approximate surface area is 142 Å².